The quantitative estimate of drug-likeness (QED) is 0.159. The van der Waals surface area contributed by atoms with Crippen LogP contribution in [0.3, 0.4) is 0 Å². The first-order chi connectivity index (χ1) is 21.5. The minimum absolute atomic E-state index is 0.00384. The molecule has 0 saturated heterocycles. The molecule has 11 heteroatoms. The number of alkyl halides is 3. The van der Waals surface area contributed by atoms with Gasteiger partial charge in [0.15, 0.2) is 5.78 Å². The summed E-state index contributed by atoms with van der Waals surface area (Å²) in [6.07, 6.45) is 1.41. The number of ketones is 1. The van der Waals surface area contributed by atoms with E-state index >= 15 is 0 Å². The maximum Gasteiger partial charge on any atom is 0.573 e. The fraction of sp³-hybridized carbons (Fsp3) is 0.371. The lowest BCUT2D eigenvalue weighted by atomic mass is 9.72. The molecule has 0 aromatic heterocycles. The monoisotopic (exact) mass is 657 g/mol. The van der Waals surface area contributed by atoms with E-state index in [0.29, 0.717) is 24.1 Å². The number of hydrogen-bond acceptors (Lipinski definition) is 5. The average molecular weight is 658 g/mol. The molecule has 1 aliphatic rings. The molecule has 2 N–H and O–H groups in total. The van der Waals surface area contributed by atoms with Crippen LogP contribution in [0.2, 0.25) is 0 Å². The predicted octanol–water partition coefficient (Wildman–Crippen LogP) is 8.34. The molecule has 1 aliphatic carbocycles. The van der Waals surface area contributed by atoms with E-state index < -0.39 is 33.9 Å². The van der Waals surface area contributed by atoms with Crippen LogP contribution in [-0.2, 0) is 21.3 Å². The second-order valence-electron chi connectivity index (χ2n) is 12.6. The molecular weight excluding hydrogens is 619 g/mol. The van der Waals surface area contributed by atoms with Crippen molar-refractivity contribution in [2.75, 3.05) is 11.1 Å². The highest BCUT2D eigenvalue weighted by atomic mass is 32.2. The van der Waals surface area contributed by atoms with Crippen molar-refractivity contribution < 1.29 is 40.5 Å². The van der Waals surface area contributed by atoms with E-state index in [2.05, 4.69) is 36.9 Å². The van der Waals surface area contributed by atoms with Gasteiger partial charge in [-0.3, -0.25) is 14.1 Å². The van der Waals surface area contributed by atoms with Gasteiger partial charge in [0, 0.05) is 17.7 Å². The van der Waals surface area contributed by atoms with Gasteiger partial charge in [-0.2, -0.15) is 8.42 Å². The SMILES string of the molecule is CC(C)(C)/C=C/c1ccc(C(C(=O)Nc2ccc(OC(F)(F)F)cc2)C2CCCc3cc(C(=O)CCCS(=O)(=O)O)ccc32)cc1. The molecule has 7 nitrogen and oxygen atoms in total. The second-order valence-corrected chi connectivity index (χ2v) is 14.2. The van der Waals surface area contributed by atoms with Crippen molar-refractivity contribution in [2.24, 2.45) is 5.41 Å². The van der Waals surface area contributed by atoms with E-state index in [4.69, 9.17) is 4.55 Å². The summed E-state index contributed by atoms with van der Waals surface area (Å²) in [4.78, 5) is 26.8. The van der Waals surface area contributed by atoms with Crippen LogP contribution in [0.15, 0.2) is 72.8 Å². The summed E-state index contributed by atoms with van der Waals surface area (Å²) < 4.78 is 72.9. The highest BCUT2D eigenvalue weighted by Gasteiger charge is 2.35. The molecular formula is C35H38F3NO6S. The van der Waals surface area contributed by atoms with E-state index in [0.717, 1.165) is 40.8 Å². The van der Waals surface area contributed by atoms with Gasteiger partial charge in [0.05, 0.1) is 11.7 Å². The predicted molar refractivity (Wildman–Crippen MR) is 172 cm³/mol. The third-order valence-corrected chi connectivity index (χ3v) is 8.55. The average Bonchev–Trinajstić information content (AvgIpc) is 2.96. The van der Waals surface area contributed by atoms with Crippen molar-refractivity contribution in [1.82, 2.24) is 0 Å². The maximum absolute atomic E-state index is 14.0. The Balaban J connectivity index is 1.64. The molecule has 0 aliphatic heterocycles. The fourth-order valence-corrected chi connectivity index (χ4v) is 6.13. The molecule has 0 fully saturated rings. The number of aryl methyl sites for hydroxylation is 1. The van der Waals surface area contributed by atoms with Crippen molar-refractivity contribution >= 4 is 33.6 Å². The van der Waals surface area contributed by atoms with Crippen LogP contribution in [0.5, 0.6) is 5.75 Å². The second kappa shape index (κ2) is 14.2. The number of fused-ring (bicyclic) bond motifs is 1. The van der Waals surface area contributed by atoms with Gasteiger partial charge >= 0.3 is 6.36 Å². The first-order valence-electron chi connectivity index (χ1n) is 15.0. The number of allylic oxidation sites excluding steroid dienone is 1. The van der Waals surface area contributed by atoms with Gasteiger partial charge in [-0.25, -0.2) is 0 Å². The Morgan fingerprint density at radius 1 is 1.02 bits per heavy atom. The number of carbonyl (C=O) groups is 2. The molecule has 2 atom stereocenters. The summed E-state index contributed by atoms with van der Waals surface area (Å²) in [7, 11) is -4.16. The van der Waals surface area contributed by atoms with Crippen molar-refractivity contribution in [1.29, 1.82) is 0 Å². The molecule has 1 amide bonds. The van der Waals surface area contributed by atoms with E-state index in [1.54, 1.807) is 12.1 Å². The van der Waals surface area contributed by atoms with Crippen LogP contribution < -0.4 is 10.1 Å². The zero-order chi connectivity index (χ0) is 33.7. The molecule has 3 aromatic rings. The Morgan fingerprint density at radius 3 is 2.30 bits per heavy atom. The highest BCUT2D eigenvalue weighted by Crippen LogP contribution is 2.43. The van der Waals surface area contributed by atoms with Crippen molar-refractivity contribution in [3.8, 4) is 5.75 Å². The topological polar surface area (TPSA) is 110 Å². The lowest BCUT2D eigenvalue weighted by Crippen LogP contribution is -2.29. The number of rotatable bonds is 11. The fourth-order valence-electron chi connectivity index (χ4n) is 5.62. The van der Waals surface area contributed by atoms with Crippen LogP contribution in [0.4, 0.5) is 18.9 Å². The summed E-state index contributed by atoms with van der Waals surface area (Å²) in [6, 6.07) is 18.0. The van der Waals surface area contributed by atoms with Gasteiger partial charge in [0.1, 0.15) is 5.75 Å². The molecule has 0 saturated carbocycles. The first kappa shape index (κ1) is 34.9. The number of hydrogen-bond donors (Lipinski definition) is 2. The summed E-state index contributed by atoms with van der Waals surface area (Å²) >= 11 is 0. The first-order valence-corrected chi connectivity index (χ1v) is 16.7. The van der Waals surface area contributed by atoms with Crippen LogP contribution >= 0.6 is 0 Å². The molecule has 0 radical (unpaired) electrons. The molecule has 4 rings (SSSR count). The third kappa shape index (κ3) is 10.3. The van der Waals surface area contributed by atoms with E-state index in [1.807, 2.05) is 36.4 Å². The van der Waals surface area contributed by atoms with Gasteiger partial charge in [-0.05, 0) is 89.6 Å². The molecule has 46 heavy (non-hydrogen) atoms. The van der Waals surface area contributed by atoms with E-state index in [1.165, 1.54) is 12.1 Å². The molecule has 3 aromatic carbocycles. The van der Waals surface area contributed by atoms with Crippen LogP contribution in [0.25, 0.3) is 6.08 Å². The highest BCUT2D eigenvalue weighted by molar-refractivity contribution is 7.85. The number of nitrogens with one attached hydrogen (secondary N) is 1. The number of benzene rings is 3. The Bertz CT molecular complexity index is 1680. The van der Waals surface area contributed by atoms with Gasteiger partial charge in [0.25, 0.3) is 10.1 Å². The summed E-state index contributed by atoms with van der Waals surface area (Å²) in [5.74, 6) is -2.36. The summed E-state index contributed by atoms with van der Waals surface area (Å²) in [6.45, 7) is 6.29. The molecule has 0 spiro atoms. The Hall–Kier alpha value is -3.96. The lowest BCUT2D eigenvalue weighted by Gasteiger charge is -2.32. The minimum atomic E-state index is -4.83. The number of amides is 1. The minimum Gasteiger partial charge on any atom is -0.406 e. The van der Waals surface area contributed by atoms with Crippen LogP contribution in [-0.4, -0.2) is 36.8 Å². The van der Waals surface area contributed by atoms with Gasteiger partial charge < -0.3 is 10.1 Å². The number of carbonyl (C=O) groups excluding carboxylic acids is 2. The Morgan fingerprint density at radius 2 is 1.70 bits per heavy atom. The van der Waals surface area contributed by atoms with E-state index in [-0.39, 0.29) is 35.9 Å². The number of Topliss-reactive ketones (excluding diaryl/α,β-unsaturated/α-hetero) is 1. The summed E-state index contributed by atoms with van der Waals surface area (Å²) in [5, 5.41) is 2.87. The van der Waals surface area contributed by atoms with Gasteiger partial charge in [0.2, 0.25) is 5.91 Å². The Kier molecular flexibility index (Phi) is 10.8. The van der Waals surface area contributed by atoms with Crippen LogP contribution in [0, 0.1) is 5.41 Å². The lowest BCUT2D eigenvalue weighted by molar-refractivity contribution is -0.274. The van der Waals surface area contributed by atoms with Gasteiger partial charge in [-0.1, -0.05) is 69.3 Å². The Labute approximate surface area is 267 Å². The molecule has 2 unspecified atom stereocenters. The maximum atomic E-state index is 14.0. The molecule has 0 heterocycles. The zero-order valence-electron chi connectivity index (χ0n) is 25.9. The largest absolute Gasteiger partial charge is 0.573 e. The number of halogens is 3. The molecule has 246 valence electrons. The third-order valence-electron chi connectivity index (χ3n) is 7.74. The summed E-state index contributed by atoms with van der Waals surface area (Å²) in [5.41, 5.74) is 4.33. The normalized spacial score (nSPS) is 16.1. The standard InChI is InChI=1S/C35H38F3NO6S/c1-34(2,3)20-19-23-9-11-24(12-10-23)32(33(41)39-27-14-16-28(17-15-27)45-35(36,37)38)30-7-4-6-25-22-26(13-18-29(25)30)31(40)8-5-21-46(42,43)44/h9-20,22,30,32H,4-8,21H2,1-3H3,(H,39,41)(H,42,43,44)/b20-19+. The van der Waals surface area contributed by atoms with E-state index in [9.17, 15) is 31.2 Å². The molecule has 0 bridgehead atoms. The van der Waals surface area contributed by atoms with Crippen molar-refractivity contribution in [2.45, 2.75) is 71.1 Å². The zero-order valence-corrected chi connectivity index (χ0v) is 26.7. The van der Waals surface area contributed by atoms with Crippen molar-refractivity contribution in [3.63, 3.8) is 0 Å². The smallest absolute Gasteiger partial charge is 0.406 e. The number of anilines is 1. The van der Waals surface area contributed by atoms with Gasteiger partial charge in [-0.15, -0.1) is 13.2 Å². The number of ether oxygens (including phenoxy) is 1. The van der Waals surface area contributed by atoms with Crippen LogP contribution in [0.1, 0.15) is 90.9 Å². The van der Waals surface area contributed by atoms with Crippen molar-refractivity contribution in [3.05, 3.63) is 101 Å².